The van der Waals surface area contributed by atoms with Crippen LogP contribution in [-0.2, 0) is 22.6 Å². The monoisotopic (exact) mass is 320 g/mol. The largest absolute Gasteiger partial charge is 0.380 e. The fraction of sp³-hybridized carbons (Fsp3) is 0.632. The summed E-state index contributed by atoms with van der Waals surface area (Å²) in [6.45, 7) is 9.66. The summed E-state index contributed by atoms with van der Waals surface area (Å²) >= 11 is 0. The number of carbonyl (C=O) groups is 1. The van der Waals surface area contributed by atoms with Gasteiger partial charge in [0.25, 0.3) is 0 Å². The van der Waals surface area contributed by atoms with Gasteiger partial charge < -0.3 is 15.4 Å². The molecule has 4 heteroatoms. The molecular formula is C19H32N2O2. The topological polar surface area (TPSA) is 50.4 Å². The molecule has 0 spiro atoms. The van der Waals surface area contributed by atoms with Gasteiger partial charge >= 0.3 is 0 Å². The van der Waals surface area contributed by atoms with Gasteiger partial charge in [-0.05, 0) is 44.7 Å². The molecule has 1 atom stereocenters. The molecule has 0 heterocycles. The van der Waals surface area contributed by atoms with E-state index in [1.54, 1.807) is 7.11 Å². The van der Waals surface area contributed by atoms with E-state index >= 15 is 0 Å². The van der Waals surface area contributed by atoms with Gasteiger partial charge in [0.15, 0.2) is 0 Å². The average molecular weight is 320 g/mol. The van der Waals surface area contributed by atoms with Crippen molar-refractivity contribution in [2.24, 2.45) is 0 Å². The molecule has 1 aromatic carbocycles. The number of benzene rings is 1. The molecule has 0 saturated carbocycles. The lowest BCUT2D eigenvalue weighted by Gasteiger charge is -2.27. The first-order valence-electron chi connectivity index (χ1n) is 8.48. The van der Waals surface area contributed by atoms with Gasteiger partial charge in [-0.1, -0.05) is 37.6 Å². The number of methoxy groups -OCH3 is 1. The lowest BCUT2D eigenvalue weighted by atomic mass is 10.0. The summed E-state index contributed by atoms with van der Waals surface area (Å²) in [5.41, 5.74) is 2.33. The van der Waals surface area contributed by atoms with Crippen LogP contribution in [0.4, 0.5) is 0 Å². The van der Waals surface area contributed by atoms with Crippen LogP contribution < -0.4 is 10.6 Å². The van der Waals surface area contributed by atoms with Crippen molar-refractivity contribution in [1.29, 1.82) is 0 Å². The maximum absolute atomic E-state index is 12.4. The van der Waals surface area contributed by atoms with Crippen LogP contribution in [0.2, 0.25) is 0 Å². The molecule has 1 aromatic rings. The van der Waals surface area contributed by atoms with Gasteiger partial charge in [0.2, 0.25) is 5.91 Å². The normalized spacial score (nSPS) is 12.9. The molecule has 0 aliphatic rings. The predicted molar refractivity (Wildman–Crippen MR) is 95.5 cm³/mol. The van der Waals surface area contributed by atoms with Crippen molar-refractivity contribution in [2.75, 3.05) is 13.7 Å². The van der Waals surface area contributed by atoms with Crippen molar-refractivity contribution in [3.63, 3.8) is 0 Å². The van der Waals surface area contributed by atoms with Crippen LogP contribution in [0.1, 0.15) is 51.7 Å². The van der Waals surface area contributed by atoms with Crippen molar-refractivity contribution in [3.05, 3.63) is 35.4 Å². The maximum atomic E-state index is 12.4. The summed E-state index contributed by atoms with van der Waals surface area (Å²) in [4.78, 5) is 12.4. The van der Waals surface area contributed by atoms with E-state index in [4.69, 9.17) is 4.74 Å². The molecule has 23 heavy (non-hydrogen) atoms. The highest BCUT2D eigenvalue weighted by Gasteiger charge is 2.22. The Balaban J connectivity index is 2.44. The molecule has 0 aliphatic heterocycles. The Morgan fingerprint density at radius 3 is 2.30 bits per heavy atom. The van der Waals surface area contributed by atoms with Crippen LogP contribution in [0, 0.1) is 0 Å². The highest BCUT2D eigenvalue weighted by molar-refractivity contribution is 5.81. The maximum Gasteiger partial charge on any atom is 0.237 e. The van der Waals surface area contributed by atoms with E-state index in [2.05, 4.69) is 62.6 Å². The number of carbonyl (C=O) groups excluding carboxylic acids is 1. The van der Waals surface area contributed by atoms with E-state index < -0.39 is 0 Å². The van der Waals surface area contributed by atoms with Crippen LogP contribution in [0.15, 0.2) is 24.3 Å². The fourth-order valence-corrected chi connectivity index (χ4v) is 2.50. The number of amides is 1. The summed E-state index contributed by atoms with van der Waals surface area (Å²) in [6, 6.07) is 8.21. The third-order valence-corrected chi connectivity index (χ3v) is 3.55. The molecule has 2 N–H and O–H groups in total. The first-order chi connectivity index (χ1) is 10.9. The molecule has 1 rings (SSSR count). The third kappa shape index (κ3) is 8.14. The first-order valence-corrected chi connectivity index (χ1v) is 8.48. The molecule has 0 aliphatic carbocycles. The Kier molecular flexibility index (Phi) is 8.28. The second-order valence-corrected chi connectivity index (χ2v) is 7.03. The smallest absolute Gasteiger partial charge is 0.237 e. The summed E-state index contributed by atoms with van der Waals surface area (Å²) in [6.07, 6.45) is 2.68. The summed E-state index contributed by atoms with van der Waals surface area (Å²) in [5, 5.41) is 6.45. The highest BCUT2D eigenvalue weighted by Crippen LogP contribution is 2.07. The molecular weight excluding hydrogens is 288 g/mol. The second-order valence-electron chi connectivity index (χ2n) is 7.03. The minimum absolute atomic E-state index is 0.0612. The van der Waals surface area contributed by atoms with Gasteiger partial charge in [0.05, 0.1) is 12.6 Å². The number of hydrogen-bond acceptors (Lipinski definition) is 3. The molecule has 0 aromatic heterocycles. The quantitative estimate of drug-likeness (QED) is 0.735. The predicted octanol–water partition coefficient (Wildman–Crippen LogP) is 3.05. The average Bonchev–Trinajstić information content (AvgIpc) is 2.47. The highest BCUT2D eigenvalue weighted by atomic mass is 16.5. The second kappa shape index (κ2) is 9.68. The number of hydrogen-bond donors (Lipinski definition) is 2. The van der Waals surface area contributed by atoms with Gasteiger partial charge in [-0.25, -0.2) is 0 Å². The van der Waals surface area contributed by atoms with Gasteiger partial charge in [0, 0.05) is 19.2 Å². The third-order valence-electron chi connectivity index (χ3n) is 3.55. The van der Waals surface area contributed by atoms with Crippen molar-refractivity contribution in [2.45, 2.75) is 65.1 Å². The van der Waals surface area contributed by atoms with Crippen molar-refractivity contribution >= 4 is 5.91 Å². The van der Waals surface area contributed by atoms with Crippen LogP contribution in [0.3, 0.4) is 0 Å². The number of nitrogens with one attached hydrogen (secondary N) is 2. The van der Waals surface area contributed by atoms with Gasteiger partial charge in [-0.3, -0.25) is 4.79 Å². The summed E-state index contributed by atoms with van der Waals surface area (Å²) in [7, 11) is 1.70. The van der Waals surface area contributed by atoms with Crippen LogP contribution in [-0.4, -0.2) is 31.1 Å². The van der Waals surface area contributed by atoms with E-state index in [1.165, 1.54) is 5.56 Å². The fourth-order valence-electron chi connectivity index (χ4n) is 2.50. The lowest BCUT2D eigenvalue weighted by Crippen LogP contribution is -2.51. The number of ether oxygens (including phenoxy) is 1. The number of rotatable bonds is 9. The van der Waals surface area contributed by atoms with E-state index in [1.807, 2.05) is 0 Å². The van der Waals surface area contributed by atoms with E-state index in [0.717, 1.165) is 24.8 Å². The molecule has 0 radical (unpaired) electrons. The van der Waals surface area contributed by atoms with Crippen LogP contribution >= 0.6 is 0 Å². The summed E-state index contributed by atoms with van der Waals surface area (Å²) in [5.74, 6) is 0.0952. The molecule has 1 amide bonds. The van der Waals surface area contributed by atoms with Crippen molar-refractivity contribution in [3.8, 4) is 0 Å². The van der Waals surface area contributed by atoms with Gasteiger partial charge in [0.1, 0.15) is 0 Å². The van der Waals surface area contributed by atoms with Gasteiger partial charge in [-0.15, -0.1) is 0 Å². The minimum Gasteiger partial charge on any atom is -0.380 e. The zero-order valence-corrected chi connectivity index (χ0v) is 15.2. The van der Waals surface area contributed by atoms with Gasteiger partial charge in [-0.2, -0.15) is 0 Å². The first kappa shape index (κ1) is 19.7. The van der Waals surface area contributed by atoms with Crippen molar-refractivity contribution in [1.82, 2.24) is 10.6 Å². The van der Waals surface area contributed by atoms with E-state index in [9.17, 15) is 4.79 Å². The minimum atomic E-state index is -0.121. The SMILES string of the molecule is CCCC(NC(C)(C)C)C(=O)NCCc1ccc(COC)cc1. The molecule has 0 fully saturated rings. The Hall–Kier alpha value is -1.39. The molecule has 4 nitrogen and oxygen atoms in total. The zero-order valence-electron chi connectivity index (χ0n) is 15.2. The molecule has 0 saturated heterocycles. The van der Waals surface area contributed by atoms with Crippen LogP contribution in [0.5, 0.6) is 0 Å². The van der Waals surface area contributed by atoms with E-state index in [-0.39, 0.29) is 17.5 Å². The Morgan fingerprint density at radius 1 is 1.17 bits per heavy atom. The van der Waals surface area contributed by atoms with E-state index in [0.29, 0.717) is 13.2 Å². The summed E-state index contributed by atoms with van der Waals surface area (Å²) < 4.78 is 5.11. The Bertz CT molecular complexity index is 463. The molecule has 0 bridgehead atoms. The Labute approximate surface area is 141 Å². The lowest BCUT2D eigenvalue weighted by molar-refractivity contribution is -0.123. The van der Waals surface area contributed by atoms with Crippen LogP contribution in [0.25, 0.3) is 0 Å². The molecule has 1 unspecified atom stereocenters. The van der Waals surface area contributed by atoms with Crippen molar-refractivity contribution < 1.29 is 9.53 Å². The zero-order chi connectivity index (χ0) is 17.3. The Morgan fingerprint density at radius 2 is 1.78 bits per heavy atom. The molecule has 130 valence electrons. The standard InChI is InChI=1S/C19H32N2O2/c1-6-7-17(21-19(2,3)4)18(22)20-13-12-15-8-10-16(11-9-15)14-23-5/h8-11,17,21H,6-7,12-14H2,1-5H3,(H,20,22).